The van der Waals surface area contributed by atoms with Crippen LogP contribution in [0.2, 0.25) is 0 Å². The van der Waals surface area contributed by atoms with Crippen LogP contribution in [0.15, 0.2) is 18.2 Å². The summed E-state index contributed by atoms with van der Waals surface area (Å²) in [6, 6.07) is 4.81. The second kappa shape index (κ2) is 8.53. The summed E-state index contributed by atoms with van der Waals surface area (Å²) in [6.45, 7) is 6.05. The monoisotopic (exact) mass is 323 g/mol. The van der Waals surface area contributed by atoms with Gasteiger partial charge in [0.15, 0.2) is 0 Å². The Morgan fingerprint density at radius 3 is 2.43 bits per heavy atom. The van der Waals surface area contributed by atoms with Crippen LogP contribution >= 0.6 is 0 Å². The molecule has 1 aromatic carbocycles. The van der Waals surface area contributed by atoms with Crippen molar-refractivity contribution in [2.45, 2.75) is 39.2 Å². The maximum absolute atomic E-state index is 12.5. The van der Waals surface area contributed by atoms with E-state index in [9.17, 15) is 9.59 Å². The highest BCUT2D eigenvalue weighted by atomic mass is 16.5. The van der Waals surface area contributed by atoms with Crippen LogP contribution in [0, 0.1) is 0 Å². The van der Waals surface area contributed by atoms with Crippen molar-refractivity contribution in [1.29, 1.82) is 0 Å². The standard InChI is InChI=1S/C17H25NO5/c1-6-10-17(3,23-7-2)16(20)18-12-8-9-14(21-4)13(11-12)15(19)22-5/h8-9,11H,6-7,10H2,1-5H3,(H,18,20). The minimum absolute atomic E-state index is 0.248. The highest BCUT2D eigenvalue weighted by molar-refractivity contribution is 5.99. The Hall–Kier alpha value is -2.08. The molecule has 0 saturated heterocycles. The molecule has 1 amide bonds. The largest absolute Gasteiger partial charge is 0.496 e. The maximum atomic E-state index is 12.5. The van der Waals surface area contributed by atoms with Gasteiger partial charge in [0.2, 0.25) is 0 Å². The number of hydrogen-bond acceptors (Lipinski definition) is 5. The Morgan fingerprint density at radius 2 is 1.91 bits per heavy atom. The molecule has 0 saturated carbocycles. The molecular weight excluding hydrogens is 298 g/mol. The molecule has 1 aromatic rings. The lowest BCUT2D eigenvalue weighted by Gasteiger charge is -2.28. The van der Waals surface area contributed by atoms with Gasteiger partial charge in [0.25, 0.3) is 5.91 Å². The van der Waals surface area contributed by atoms with E-state index in [2.05, 4.69) is 5.32 Å². The third kappa shape index (κ3) is 4.69. The number of ether oxygens (including phenoxy) is 3. The molecule has 0 radical (unpaired) electrons. The summed E-state index contributed by atoms with van der Waals surface area (Å²) in [4.78, 5) is 24.3. The van der Waals surface area contributed by atoms with E-state index in [1.165, 1.54) is 20.3 Å². The number of anilines is 1. The first-order chi connectivity index (χ1) is 10.9. The first-order valence-electron chi connectivity index (χ1n) is 7.63. The SMILES string of the molecule is CCCC(C)(OCC)C(=O)Nc1ccc(OC)c(C(=O)OC)c1. The lowest BCUT2D eigenvalue weighted by molar-refractivity contribution is -0.139. The van der Waals surface area contributed by atoms with Gasteiger partial charge in [0, 0.05) is 12.3 Å². The van der Waals surface area contributed by atoms with E-state index in [4.69, 9.17) is 14.2 Å². The van der Waals surface area contributed by atoms with Crippen LogP contribution in [0.4, 0.5) is 5.69 Å². The zero-order valence-electron chi connectivity index (χ0n) is 14.4. The van der Waals surface area contributed by atoms with Crippen molar-refractivity contribution < 1.29 is 23.8 Å². The lowest BCUT2D eigenvalue weighted by atomic mass is 9.99. The van der Waals surface area contributed by atoms with Crippen LogP contribution in [-0.2, 0) is 14.3 Å². The minimum Gasteiger partial charge on any atom is -0.496 e. The predicted octanol–water partition coefficient (Wildman–Crippen LogP) is 3.02. The van der Waals surface area contributed by atoms with Crippen molar-refractivity contribution in [2.24, 2.45) is 0 Å². The van der Waals surface area contributed by atoms with Crippen molar-refractivity contribution in [1.82, 2.24) is 0 Å². The van der Waals surface area contributed by atoms with E-state index in [1.807, 2.05) is 13.8 Å². The molecule has 6 nitrogen and oxygen atoms in total. The second-order valence-corrected chi connectivity index (χ2v) is 5.27. The van der Waals surface area contributed by atoms with Crippen LogP contribution in [-0.4, -0.2) is 38.3 Å². The molecule has 0 heterocycles. The molecule has 1 N–H and O–H groups in total. The number of amides is 1. The number of nitrogens with one attached hydrogen (secondary N) is 1. The van der Waals surface area contributed by atoms with Crippen LogP contribution in [0.1, 0.15) is 44.0 Å². The number of benzene rings is 1. The van der Waals surface area contributed by atoms with Gasteiger partial charge in [-0.05, 0) is 38.5 Å². The van der Waals surface area contributed by atoms with E-state index in [1.54, 1.807) is 19.1 Å². The fraction of sp³-hybridized carbons (Fsp3) is 0.529. The molecule has 0 aromatic heterocycles. The Morgan fingerprint density at radius 1 is 1.22 bits per heavy atom. The van der Waals surface area contributed by atoms with Gasteiger partial charge in [-0.1, -0.05) is 13.3 Å². The molecule has 0 bridgehead atoms. The van der Waals surface area contributed by atoms with E-state index < -0.39 is 11.6 Å². The smallest absolute Gasteiger partial charge is 0.341 e. The Balaban J connectivity index is 3.03. The minimum atomic E-state index is -0.908. The second-order valence-electron chi connectivity index (χ2n) is 5.27. The van der Waals surface area contributed by atoms with Crippen molar-refractivity contribution in [3.8, 4) is 5.75 Å². The van der Waals surface area contributed by atoms with Gasteiger partial charge in [-0.15, -0.1) is 0 Å². The highest BCUT2D eigenvalue weighted by Gasteiger charge is 2.33. The Bertz CT molecular complexity index is 550. The van der Waals surface area contributed by atoms with Crippen molar-refractivity contribution in [3.05, 3.63) is 23.8 Å². The topological polar surface area (TPSA) is 73.9 Å². The molecular formula is C17H25NO5. The van der Waals surface area contributed by atoms with Gasteiger partial charge in [-0.2, -0.15) is 0 Å². The van der Waals surface area contributed by atoms with Crippen molar-refractivity contribution in [2.75, 3.05) is 26.1 Å². The Labute approximate surface area is 137 Å². The molecule has 23 heavy (non-hydrogen) atoms. The molecule has 0 spiro atoms. The molecule has 0 aliphatic carbocycles. The first kappa shape index (κ1) is 19.0. The normalized spacial score (nSPS) is 13.1. The average molecular weight is 323 g/mol. The van der Waals surface area contributed by atoms with Crippen LogP contribution < -0.4 is 10.1 Å². The number of carbonyl (C=O) groups excluding carboxylic acids is 2. The average Bonchev–Trinajstić information content (AvgIpc) is 2.54. The molecule has 0 aliphatic rings. The van der Waals surface area contributed by atoms with Gasteiger partial charge >= 0.3 is 5.97 Å². The third-order valence-electron chi connectivity index (χ3n) is 3.53. The molecule has 0 aliphatic heterocycles. The summed E-state index contributed by atoms with van der Waals surface area (Å²) < 4.78 is 15.5. The number of esters is 1. The van der Waals surface area contributed by atoms with Gasteiger partial charge < -0.3 is 19.5 Å². The first-order valence-corrected chi connectivity index (χ1v) is 7.63. The van der Waals surface area contributed by atoms with E-state index >= 15 is 0 Å². The Kier molecular flexibility index (Phi) is 7.03. The zero-order valence-corrected chi connectivity index (χ0v) is 14.4. The van der Waals surface area contributed by atoms with Gasteiger partial charge in [-0.25, -0.2) is 4.79 Å². The fourth-order valence-corrected chi connectivity index (χ4v) is 2.37. The third-order valence-corrected chi connectivity index (χ3v) is 3.53. The van der Waals surface area contributed by atoms with Gasteiger partial charge in [0.1, 0.15) is 16.9 Å². The van der Waals surface area contributed by atoms with Crippen LogP contribution in [0.3, 0.4) is 0 Å². The summed E-state index contributed by atoms with van der Waals surface area (Å²) in [7, 11) is 2.76. The molecule has 1 rings (SSSR count). The summed E-state index contributed by atoms with van der Waals surface area (Å²) in [5, 5.41) is 2.80. The lowest BCUT2D eigenvalue weighted by Crippen LogP contribution is -2.42. The summed E-state index contributed by atoms with van der Waals surface area (Å²) in [6.07, 6.45) is 1.42. The van der Waals surface area contributed by atoms with Crippen LogP contribution in [0.5, 0.6) is 5.75 Å². The van der Waals surface area contributed by atoms with E-state index in [0.717, 1.165) is 6.42 Å². The van der Waals surface area contributed by atoms with E-state index in [-0.39, 0.29) is 11.5 Å². The number of carbonyl (C=O) groups is 2. The van der Waals surface area contributed by atoms with Crippen molar-refractivity contribution in [3.63, 3.8) is 0 Å². The number of rotatable bonds is 8. The van der Waals surface area contributed by atoms with E-state index in [0.29, 0.717) is 24.5 Å². The quantitative estimate of drug-likeness (QED) is 0.744. The number of hydrogen-bond donors (Lipinski definition) is 1. The van der Waals surface area contributed by atoms with Crippen LogP contribution in [0.25, 0.3) is 0 Å². The molecule has 128 valence electrons. The summed E-state index contributed by atoms with van der Waals surface area (Å²) >= 11 is 0. The maximum Gasteiger partial charge on any atom is 0.341 e. The predicted molar refractivity (Wildman–Crippen MR) is 87.9 cm³/mol. The number of methoxy groups -OCH3 is 2. The summed E-state index contributed by atoms with van der Waals surface area (Å²) in [5.41, 5.74) is -0.172. The van der Waals surface area contributed by atoms with Crippen molar-refractivity contribution >= 4 is 17.6 Å². The zero-order chi connectivity index (χ0) is 17.5. The highest BCUT2D eigenvalue weighted by Crippen LogP contribution is 2.25. The molecule has 6 heteroatoms. The van der Waals surface area contributed by atoms with Gasteiger partial charge in [-0.3, -0.25) is 4.79 Å². The fourth-order valence-electron chi connectivity index (χ4n) is 2.37. The summed E-state index contributed by atoms with van der Waals surface area (Å²) in [5.74, 6) is -0.391. The molecule has 1 unspecified atom stereocenters. The van der Waals surface area contributed by atoms with Gasteiger partial charge in [0.05, 0.1) is 14.2 Å². The molecule has 1 atom stereocenters. The molecule has 0 fully saturated rings.